The molecule has 0 heterocycles. The van der Waals surface area contributed by atoms with Gasteiger partial charge in [0.1, 0.15) is 6.04 Å². The Labute approximate surface area is 126 Å². The fourth-order valence-electron chi connectivity index (χ4n) is 1.41. The molecule has 0 saturated heterocycles. The molecule has 0 bridgehead atoms. The SMILES string of the molecule is CCCCCCCCNC(CS)C(=O)O.[NaH]. The van der Waals surface area contributed by atoms with E-state index in [0.29, 0.717) is 5.75 Å². The third-order valence-electron chi connectivity index (χ3n) is 2.40. The van der Waals surface area contributed by atoms with E-state index in [-0.39, 0.29) is 29.6 Å². The summed E-state index contributed by atoms with van der Waals surface area (Å²) in [6.45, 7) is 2.98. The number of thiol groups is 1. The van der Waals surface area contributed by atoms with Crippen molar-refractivity contribution in [3.8, 4) is 0 Å². The summed E-state index contributed by atoms with van der Waals surface area (Å²) in [4.78, 5) is 10.6. The third kappa shape index (κ3) is 11.3. The van der Waals surface area contributed by atoms with Gasteiger partial charge in [0.05, 0.1) is 0 Å². The molecule has 2 N–H and O–H groups in total. The van der Waals surface area contributed by atoms with E-state index in [1.165, 1.54) is 32.1 Å². The first-order chi connectivity index (χ1) is 7.22. The standard InChI is InChI=1S/C11H23NO2S.Na.H/c1-2-3-4-5-6-7-8-12-10(9-15)11(13)14;;/h10,12,15H,2-9H2,1H3,(H,13,14);;. The van der Waals surface area contributed by atoms with E-state index in [2.05, 4.69) is 24.9 Å². The average Bonchev–Trinajstić information content (AvgIpc) is 2.21. The molecule has 0 aliphatic heterocycles. The van der Waals surface area contributed by atoms with Gasteiger partial charge in [0, 0.05) is 5.75 Å². The quantitative estimate of drug-likeness (QED) is 0.317. The van der Waals surface area contributed by atoms with E-state index in [1.54, 1.807) is 0 Å². The van der Waals surface area contributed by atoms with Crippen molar-refractivity contribution in [3.63, 3.8) is 0 Å². The van der Waals surface area contributed by atoms with E-state index in [4.69, 9.17) is 5.11 Å². The van der Waals surface area contributed by atoms with Crippen LogP contribution >= 0.6 is 12.6 Å². The minimum absolute atomic E-state index is 0. The second-order valence-corrected chi connectivity index (χ2v) is 4.16. The van der Waals surface area contributed by atoms with Crippen molar-refractivity contribution in [2.45, 2.75) is 51.5 Å². The number of unbranched alkanes of at least 4 members (excludes halogenated alkanes) is 5. The average molecular weight is 257 g/mol. The fourth-order valence-corrected chi connectivity index (χ4v) is 1.70. The molecular formula is C11H24NNaO2S. The predicted octanol–water partition coefficient (Wildman–Crippen LogP) is 1.67. The van der Waals surface area contributed by atoms with E-state index in [9.17, 15) is 4.79 Å². The molecule has 5 heteroatoms. The molecule has 0 aliphatic carbocycles. The van der Waals surface area contributed by atoms with Gasteiger partial charge in [-0.3, -0.25) is 4.79 Å². The Kier molecular flexibility index (Phi) is 16.5. The summed E-state index contributed by atoms with van der Waals surface area (Å²) in [5.74, 6) is -0.457. The van der Waals surface area contributed by atoms with Crippen molar-refractivity contribution in [2.75, 3.05) is 12.3 Å². The Morgan fingerprint density at radius 1 is 1.25 bits per heavy atom. The number of aliphatic carboxylic acids is 1. The number of carbonyl (C=O) groups is 1. The molecule has 3 nitrogen and oxygen atoms in total. The van der Waals surface area contributed by atoms with Gasteiger partial charge in [0.2, 0.25) is 0 Å². The van der Waals surface area contributed by atoms with E-state index < -0.39 is 12.0 Å². The zero-order chi connectivity index (χ0) is 11.5. The van der Waals surface area contributed by atoms with Gasteiger partial charge in [-0.2, -0.15) is 12.6 Å². The zero-order valence-corrected chi connectivity index (χ0v) is 10.4. The van der Waals surface area contributed by atoms with Gasteiger partial charge in [-0.1, -0.05) is 39.0 Å². The maximum absolute atomic E-state index is 10.6. The maximum atomic E-state index is 10.6. The van der Waals surface area contributed by atoms with Crippen LogP contribution in [-0.2, 0) is 4.79 Å². The normalized spacial score (nSPS) is 11.9. The molecular weight excluding hydrogens is 233 g/mol. The summed E-state index contributed by atoms with van der Waals surface area (Å²) in [5, 5.41) is 11.7. The van der Waals surface area contributed by atoms with Crippen LogP contribution < -0.4 is 5.32 Å². The Bertz CT molecular complexity index is 170. The van der Waals surface area contributed by atoms with Crippen LogP contribution in [0.15, 0.2) is 0 Å². The van der Waals surface area contributed by atoms with Gasteiger partial charge >= 0.3 is 35.5 Å². The van der Waals surface area contributed by atoms with Crippen LogP contribution in [0, 0.1) is 0 Å². The first-order valence-corrected chi connectivity index (χ1v) is 6.42. The van der Waals surface area contributed by atoms with E-state index in [1.807, 2.05) is 0 Å². The number of hydrogen-bond donors (Lipinski definition) is 3. The van der Waals surface area contributed by atoms with Crippen LogP contribution in [0.5, 0.6) is 0 Å². The van der Waals surface area contributed by atoms with Gasteiger partial charge in [-0.25, -0.2) is 0 Å². The number of carboxylic acids is 1. The molecule has 0 aromatic heterocycles. The number of carboxylic acid groups (broad SMARTS) is 1. The topological polar surface area (TPSA) is 49.3 Å². The molecule has 0 rings (SSSR count). The van der Waals surface area contributed by atoms with Gasteiger partial charge in [-0.05, 0) is 13.0 Å². The van der Waals surface area contributed by atoms with Gasteiger partial charge < -0.3 is 10.4 Å². The summed E-state index contributed by atoms with van der Waals surface area (Å²) in [6.07, 6.45) is 7.37. The molecule has 0 amide bonds. The molecule has 16 heavy (non-hydrogen) atoms. The second kappa shape index (κ2) is 13.8. The molecule has 0 aliphatic rings. The first-order valence-electron chi connectivity index (χ1n) is 5.79. The Balaban J connectivity index is 0. The Morgan fingerprint density at radius 2 is 1.81 bits per heavy atom. The van der Waals surface area contributed by atoms with Crippen molar-refractivity contribution < 1.29 is 9.90 Å². The van der Waals surface area contributed by atoms with Gasteiger partial charge in [0.25, 0.3) is 0 Å². The number of nitrogens with one attached hydrogen (secondary N) is 1. The Morgan fingerprint density at radius 3 is 2.31 bits per heavy atom. The van der Waals surface area contributed by atoms with Crippen LogP contribution in [0.2, 0.25) is 0 Å². The fraction of sp³-hybridized carbons (Fsp3) is 0.909. The summed E-state index contributed by atoms with van der Waals surface area (Å²) in [6, 6.07) is -0.496. The van der Waals surface area contributed by atoms with Crippen LogP contribution in [-0.4, -0.2) is 59.0 Å². The van der Waals surface area contributed by atoms with Crippen LogP contribution in [0.1, 0.15) is 45.4 Å². The summed E-state index contributed by atoms with van der Waals surface area (Å²) < 4.78 is 0. The van der Waals surface area contributed by atoms with Crippen molar-refractivity contribution >= 4 is 48.2 Å². The summed E-state index contributed by atoms with van der Waals surface area (Å²) in [5.41, 5.74) is 0. The molecule has 0 radical (unpaired) electrons. The molecule has 0 fully saturated rings. The first kappa shape index (κ1) is 19.1. The van der Waals surface area contributed by atoms with Crippen molar-refractivity contribution in [2.24, 2.45) is 0 Å². The van der Waals surface area contributed by atoms with Crippen molar-refractivity contribution in [3.05, 3.63) is 0 Å². The van der Waals surface area contributed by atoms with Crippen LogP contribution in [0.4, 0.5) is 0 Å². The molecule has 0 saturated carbocycles. The summed E-state index contributed by atoms with van der Waals surface area (Å²) >= 11 is 3.98. The number of rotatable bonds is 10. The van der Waals surface area contributed by atoms with Crippen molar-refractivity contribution in [1.82, 2.24) is 5.32 Å². The van der Waals surface area contributed by atoms with E-state index in [0.717, 1.165) is 13.0 Å². The molecule has 92 valence electrons. The monoisotopic (exact) mass is 257 g/mol. The minimum atomic E-state index is -0.809. The van der Waals surface area contributed by atoms with Gasteiger partial charge in [0.15, 0.2) is 0 Å². The Hall–Kier alpha value is 0.780. The zero-order valence-electron chi connectivity index (χ0n) is 9.54. The number of hydrogen-bond acceptors (Lipinski definition) is 3. The summed E-state index contributed by atoms with van der Waals surface area (Å²) in [7, 11) is 0. The van der Waals surface area contributed by atoms with Crippen LogP contribution in [0.3, 0.4) is 0 Å². The molecule has 1 unspecified atom stereocenters. The molecule has 0 aromatic carbocycles. The van der Waals surface area contributed by atoms with Gasteiger partial charge in [-0.15, -0.1) is 0 Å². The van der Waals surface area contributed by atoms with E-state index >= 15 is 0 Å². The third-order valence-corrected chi connectivity index (χ3v) is 2.77. The predicted molar refractivity (Wildman–Crippen MR) is 73.8 cm³/mol. The second-order valence-electron chi connectivity index (χ2n) is 3.80. The van der Waals surface area contributed by atoms with Crippen molar-refractivity contribution in [1.29, 1.82) is 0 Å². The molecule has 0 aromatic rings. The molecule has 1 atom stereocenters. The molecule has 0 spiro atoms. The van der Waals surface area contributed by atoms with Crippen LogP contribution in [0.25, 0.3) is 0 Å².